The molecule has 2 aliphatic heterocycles. The summed E-state index contributed by atoms with van der Waals surface area (Å²) in [6, 6.07) is -0.0217. The van der Waals surface area contributed by atoms with Crippen LogP contribution in [-0.2, 0) is 11.3 Å². The van der Waals surface area contributed by atoms with E-state index in [0.29, 0.717) is 0 Å². The third-order valence-electron chi connectivity index (χ3n) is 4.85. The van der Waals surface area contributed by atoms with Crippen molar-refractivity contribution in [1.29, 1.82) is 0 Å². The maximum absolute atomic E-state index is 12.4. The number of hydrogen-bond acceptors (Lipinski definition) is 4. The highest BCUT2D eigenvalue weighted by Gasteiger charge is 2.28. The average Bonchev–Trinajstić information content (AvgIpc) is 3.09. The molecule has 1 amide bonds. The van der Waals surface area contributed by atoms with Gasteiger partial charge in [-0.25, -0.2) is 4.98 Å². The summed E-state index contributed by atoms with van der Waals surface area (Å²) in [7, 11) is 0. The van der Waals surface area contributed by atoms with Gasteiger partial charge in [-0.05, 0) is 31.6 Å². The van der Waals surface area contributed by atoms with E-state index in [0.717, 1.165) is 58.0 Å². The van der Waals surface area contributed by atoms with E-state index >= 15 is 0 Å². The van der Waals surface area contributed by atoms with Gasteiger partial charge in [0.2, 0.25) is 5.91 Å². The highest BCUT2D eigenvalue weighted by atomic mass is 16.2. The molecule has 0 saturated carbocycles. The van der Waals surface area contributed by atoms with E-state index in [1.165, 1.54) is 12.8 Å². The van der Waals surface area contributed by atoms with E-state index in [-0.39, 0.29) is 11.9 Å². The first kappa shape index (κ1) is 15.5. The lowest BCUT2D eigenvalue weighted by atomic mass is 9.92. The highest BCUT2D eigenvalue weighted by Crippen LogP contribution is 2.22. The first-order valence-electron chi connectivity index (χ1n) is 8.51. The molecule has 0 aliphatic carbocycles. The van der Waals surface area contributed by atoms with Gasteiger partial charge < -0.3 is 20.1 Å². The summed E-state index contributed by atoms with van der Waals surface area (Å²) >= 11 is 0. The van der Waals surface area contributed by atoms with Crippen molar-refractivity contribution in [3.8, 4) is 0 Å². The quantitative estimate of drug-likeness (QED) is 0.830. The van der Waals surface area contributed by atoms with Crippen LogP contribution in [0.2, 0.25) is 0 Å². The fourth-order valence-electron chi connectivity index (χ4n) is 3.47. The first-order valence-corrected chi connectivity index (χ1v) is 8.51. The molecule has 1 aromatic heterocycles. The van der Waals surface area contributed by atoms with Crippen LogP contribution in [0.4, 0.5) is 0 Å². The van der Waals surface area contributed by atoms with Gasteiger partial charge in [-0.2, -0.15) is 0 Å². The van der Waals surface area contributed by atoms with E-state index < -0.39 is 0 Å². The Hall–Kier alpha value is -1.40. The highest BCUT2D eigenvalue weighted by molar-refractivity contribution is 5.82. The second kappa shape index (κ2) is 7.74. The smallest absolute Gasteiger partial charge is 0.241 e. The van der Waals surface area contributed by atoms with Gasteiger partial charge in [0.15, 0.2) is 0 Å². The third-order valence-corrected chi connectivity index (χ3v) is 4.85. The van der Waals surface area contributed by atoms with E-state index in [1.807, 2.05) is 18.7 Å². The Balaban J connectivity index is 1.35. The number of aromatic nitrogens is 2. The molecule has 0 aromatic carbocycles. The molecule has 2 aliphatic rings. The van der Waals surface area contributed by atoms with Gasteiger partial charge in [0.1, 0.15) is 0 Å². The van der Waals surface area contributed by atoms with Crippen LogP contribution in [0.15, 0.2) is 18.7 Å². The summed E-state index contributed by atoms with van der Waals surface area (Å²) in [4.78, 5) is 18.6. The number of hydrogen-bond donors (Lipinski definition) is 2. The zero-order chi connectivity index (χ0) is 15.2. The van der Waals surface area contributed by atoms with Gasteiger partial charge in [0, 0.05) is 51.7 Å². The second-order valence-corrected chi connectivity index (χ2v) is 6.42. The number of carbonyl (C=O) groups is 1. The molecule has 1 atom stereocenters. The van der Waals surface area contributed by atoms with E-state index in [1.54, 1.807) is 0 Å². The standard InChI is InChI=1S/C16H27N5O/c22-16(15-12-17-5-6-19-15)21-9-3-14(4-10-21)2-1-8-20-11-7-18-13-20/h7,11,13-15,17,19H,1-6,8-10,12H2. The molecular weight excluding hydrogens is 278 g/mol. The minimum absolute atomic E-state index is 0.0217. The van der Waals surface area contributed by atoms with Crippen molar-refractivity contribution in [3.05, 3.63) is 18.7 Å². The minimum atomic E-state index is -0.0217. The Labute approximate surface area is 132 Å². The van der Waals surface area contributed by atoms with Crippen LogP contribution in [0.25, 0.3) is 0 Å². The number of imidazole rings is 1. The average molecular weight is 305 g/mol. The molecule has 0 spiro atoms. The Bertz CT molecular complexity index is 447. The summed E-state index contributed by atoms with van der Waals surface area (Å²) in [6.07, 6.45) is 10.5. The molecule has 2 saturated heterocycles. The molecule has 3 rings (SSSR count). The summed E-state index contributed by atoms with van der Waals surface area (Å²) in [5, 5.41) is 6.60. The summed E-state index contributed by atoms with van der Waals surface area (Å²) in [5.41, 5.74) is 0. The Morgan fingerprint density at radius 3 is 2.82 bits per heavy atom. The second-order valence-electron chi connectivity index (χ2n) is 6.42. The maximum atomic E-state index is 12.4. The number of aryl methyl sites for hydroxylation is 1. The van der Waals surface area contributed by atoms with Crippen LogP contribution in [0.5, 0.6) is 0 Å². The molecule has 1 unspecified atom stereocenters. The van der Waals surface area contributed by atoms with Crippen LogP contribution in [-0.4, -0.2) is 59.1 Å². The SMILES string of the molecule is O=C(C1CNCCN1)N1CCC(CCCn2ccnc2)CC1. The van der Waals surface area contributed by atoms with Crippen LogP contribution in [0.1, 0.15) is 25.7 Å². The first-order chi connectivity index (χ1) is 10.8. The Morgan fingerprint density at radius 1 is 1.27 bits per heavy atom. The molecule has 2 fully saturated rings. The largest absolute Gasteiger partial charge is 0.341 e. The van der Waals surface area contributed by atoms with Gasteiger partial charge in [-0.1, -0.05) is 0 Å². The molecule has 6 nitrogen and oxygen atoms in total. The van der Waals surface area contributed by atoms with Crippen LogP contribution in [0.3, 0.4) is 0 Å². The zero-order valence-electron chi connectivity index (χ0n) is 13.2. The van der Waals surface area contributed by atoms with E-state index in [9.17, 15) is 4.79 Å². The zero-order valence-corrected chi connectivity index (χ0v) is 13.2. The molecule has 0 radical (unpaired) electrons. The summed E-state index contributed by atoms with van der Waals surface area (Å²) < 4.78 is 2.14. The molecule has 22 heavy (non-hydrogen) atoms. The number of carbonyl (C=O) groups excluding carboxylic acids is 1. The molecule has 0 bridgehead atoms. The van der Waals surface area contributed by atoms with Gasteiger partial charge in [0.05, 0.1) is 12.4 Å². The van der Waals surface area contributed by atoms with E-state index in [4.69, 9.17) is 0 Å². The molecule has 1 aromatic rings. The molecular formula is C16H27N5O. The number of amides is 1. The maximum Gasteiger partial charge on any atom is 0.241 e. The lowest BCUT2D eigenvalue weighted by molar-refractivity contribution is -0.135. The predicted molar refractivity (Wildman–Crippen MR) is 85.4 cm³/mol. The lowest BCUT2D eigenvalue weighted by Crippen LogP contribution is -2.57. The number of likely N-dealkylation sites (tertiary alicyclic amines) is 1. The van der Waals surface area contributed by atoms with E-state index in [2.05, 4.69) is 25.1 Å². The van der Waals surface area contributed by atoms with Gasteiger partial charge in [-0.15, -0.1) is 0 Å². The fraction of sp³-hybridized carbons (Fsp3) is 0.750. The predicted octanol–water partition coefficient (Wildman–Crippen LogP) is 0.463. The Morgan fingerprint density at radius 2 is 2.14 bits per heavy atom. The van der Waals surface area contributed by atoms with Crippen molar-refractivity contribution in [2.75, 3.05) is 32.7 Å². The number of piperidine rings is 1. The van der Waals surface area contributed by atoms with Gasteiger partial charge >= 0.3 is 0 Å². The summed E-state index contributed by atoms with van der Waals surface area (Å²) in [5.74, 6) is 1.05. The minimum Gasteiger partial charge on any atom is -0.341 e. The Kier molecular flexibility index (Phi) is 5.45. The molecule has 122 valence electrons. The van der Waals surface area contributed by atoms with Crippen LogP contribution < -0.4 is 10.6 Å². The topological polar surface area (TPSA) is 62.2 Å². The molecule has 6 heteroatoms. The van der Waals surface area contributed by atoms with Crippen LogP contribution in [0, 0.1) is 5.92 Å². The van der Waals surface area contributed by atoms with Crippen molar-refractivity contribution < 1.29 is 4.79 Å². The lowest BCUT2D eigenvalue weighted by Gasteiger charge is -2.35. The number of rotatable bonds is 5. The van der Waals surface area contributed by atoms with Crippen molar-refractivity contribution in [1.82, 2.24) is 25.1 Å². The molecule has 3 heterocycles. The normalized spacial score (nSPS) is 23.6. The third kappa shape index (κ3) is 4.08. The number of nitrogens with one attached hydrogen (secondary N) is 2. The summed E-state index contributed by atoms with van der Waals surface area (Å²) in [6.45, 7) is 5.52. The van der Waals surface area contributed by atoms with Crippen molar-refractivity contribution in [2.24, 2.45) is 5.92 Å². The monoisotopic (exact) mass is 305 g/mol. The fourth-order valence-corrected chi connectivity index (χ4v) is 3.47. The molecule has 2 N–H and O–H groups in total. The van der Waals surface area contributed by atoms with Crippen molar-refractivity contribution in [3.63, 3.8) is 0 Å². The van der Waals surface area contributed by atoms with Crippen LogP contribution >= 0.6 is 0 Å². The van der Waals surface area contributed by atoms with Crippen molar-refractivity contribution >= 4 is 5.91 Å². The van der Waals surface area contributed by atoms with Gasteiger partial charge in [0.25, 0.3) is 0 Å². The van der Waals surface area contributed by atoms with Crippen molar-refractivity contribution in [2.45, 2.75) is 38.3 Å². The van der Waals surface area contributed by atoms with Gasteiger partial charge in [-0.3, -0.25) is 4.79 Å². The number of nitrogens with zero attached hydrogens (tertiary/aromatic N) is 3. The number of piperazine rings is 1.